The minimum atomic E-state index is -0.352. The summed E-state index contributed by atoms with van der Waals surface area (Å²) in [6, 6.07) is 12.9. The summed E-state index contributed by atoms with van der Waals surface area (Å²) in [4.78, 5) is 14.3. The normalized spacial score (nSPS) is 10.9. The highest BCUT2D eigenvalue weighted by atomic mass is 16.5. The van der Waals surface area contributed by atoms with E-state index in [-0.39, 0.29) is 18.3 Å². The van der Waals surface area contributed by atoms with Gasteiger partial charge in [0.25, 0.3) is 5.91 Å². The molecule has 0 bridgehead atoms. The van der Waals surface area contributed by atoms with E-state index >= 15 is 0 Å². The summed E-state index contributed by atoms with van der Waals surface area (Å²) in [5.41, 5.74) is 1.96. The van der Waals surface area contributed by atoms with Gasteiger partial charge in [0, 0.05) is 12.6 Å². The van der Waals surface area contributed by atoms with Crippen molar-refractivity contribution in [2.24, 2.45) is 0 Å². The van der Waals surface area contributed by atoms with Gasteiger partial charge in [0.1, 0.15) is 18.1 Å². The minimum absolute atomic E-state index is 0.213. The molecule has 0 aliphatic rings. The van der Waals surface area contributed by atoms with Crippen molar-refractivity contribution in [2.45, 2.75) is 20.1 Å². The molecule has 0 saturated heterocycles. The highest BCUT2D eigenvalue weighted by molar-refractivity contribution is 6.01. The molecule has 1 aromatic carbocycles. The van der Waals surface area contributed by atoms with Gasteiger partial charge >= 0.3 is 0 Å². The molecule has 7 heteroatoms. The first-order valence-electron chi connectivity index (χ1n) is 8.29. The number of aromatic nitrogens is 2. The van der Waals surface area contributed by atoms with E-state index in [9.17, 15) is 4.79 Å². The first-order valence-corrected chi connectivity index (χ1v) is 8.29. The van der Waals surface area contributed by atoms with Crippen LogP contribution in [0.2, 0.25) is 0 Å². The average molecular weight is 354 g/mol. The fourth-order valence-electron chi connectivity index (χ4n) is 2.47. The molecule has 0 spiro atoms. The number of hydrogen-bond donors (Lipinski definition) is 2. The fourth-order valence-corrected chi connectivity index (χ4v) is 2.47. The van der Waals surface area contributed by atoms with E-state index in [1.54, 1.807) is 18.2 Å². The van der Waals surface area contributed by atoms with E-state index in [0.717, 1.165) is 17.0 Å². The number of ether oxygens (including phenoxy) is 1. The predicted molar refractivity (Wildman–Crippen MR) is 98.2 cm³/mol. The summed E-state index contributed by atoms with van der Waals surface area (Å²) in [7, 11) is 3.92. The van der Waals surface area contributed by atoms with Gasteiger partial charge in [-0.15, -0.1) is 0 Å². The van der Waals surface area contributed by atoms with E-state index in [4.69, 9.17) is 9.15 Å². The number of benzene rings is 1. The van der Waals surface area contributed by atoms with Crippen molar-refractivity contribution in [1.82, 2.24) is 15.1 Å². The molecular weight excluding hydrogens is 332 g/mol. The second-order valence-corrected chi connectivity index (χ2v) is 6.29. The van der Waals surface area contributed by atoms with Gasteiger partial charge < -0.3 is 19.4 Å². The van der Waals surface area contributed by atoms with Crippen LogP contribution in [0, 0.1) is 6.92 Å². The SMILES string of the molecule is Cc1ccccc1OCc1ccc(C(=O)Nc2cc(CN(C)C)[nH]n2)o1. The molecule has 0 aliphatic carbocycles. The number of para-hydroxylation sites is 1. The molecule has 0 fully saturated rings. The second kappa shape index (κ2) is 7.88. The largest absolute Gasteiger partial charge is 0.485 e. The highest BCUT2D eigenvalue weighted by Crippen LogP contribution is 2.19. The number of furan rings is 1. The molecule has 3 rings (SSSR count). The third-order valence-corrected chi connectivity index (χ3v) is 3.71. The molecule has 0 unspecified atom stereocenters. The number of rotatable bonds is 7. The number of aromatic amines is 1. The number of anilines is 1. The molecule has 2 N–H and O–H groups in total. The monoisotopic (exact) mass is 354 g/mol. The number of amides is 1. The maximum absolute atomic E-state index is 12.3. The Morgan fingerprint density at radius 1 is 1.27 bits per heavy atom. The molecule has 136 valence electrons. The topological polar surface area (TPSA) is 83.4 Å². The zero-order valence-corrected chi connectivity index (χ0v) is 15.1. The number of nitrogens with one attached hydrogen (secondary N) is 2. The zero-order valence-electron chi connectivity index (χ0n) is 15.1. The lowest BCUT2D eigenvalue weighted by Crippen LogP contribution is -2.11. The first-order chi connectivity index (χ1) is 12.5. The van der Waals surface area contributed by atoms with Crippen LogP contribution >= 0.6 is 0 Å². The lowest BCUT2D eigenvalue weighted by molar-refractivity contribution is 0.0992. The third kappa shape index (κ3) is 4.52. The van der Waals surface area contributed by atoms with Gasteiger partial charge in [0.05, 0.1) is 5.69 Å². The summed E-state index contributed by atoms with van der Waals surface area (Å²) >= 11 is 0. The number of aryl methyl sites for hydroxylation is 1. The van der Waals surface area contributed by atoms with E-state index in [1.807, 2.05) is 50.2 Å². The molecule has 1 amide bonds. The molecule has 0 radical (unpaired) electrons. The molecule has 2 heterocycles. The Hall–Kier alpha value is -3.06. The van der Waals surface area contributed by atoms with E-state index < -0.39 is 0 Å². The van der Waals surface area contributed by atoms with Crippen LogP contribution in [-0.4, -0.2) is 35.1 Å². The summed E-state index contributed by atoms with van der Waals surface area (Å²) in [6.45, 7) is 2.95. The van der Waals surface area contributed by atoms with Gasteiger partial charge in [0.15, 0.2) is 11.6 Å². The number of nitrogens with zero attached hydrogens (tertiary/aromatic N) is 2. The minimum Gasteiger partial charge on any atom is -0.485 e. The van der Waals surface area contributed by atoms with Crippen LogP contribution < -0.4 is 10.1 Å². The number of carbonyl (C=O) groups is 1. The molecule has 0 atom stereocenters. The van der Waals surface area contributed by atoms with Gasteiger partial charge in [-0.05, 0) is 44.8 Å². The van der Waals surface area contributed by atoms with E-state index in [0.29, 0.717) is 18.1 Å². The van der Waals surface area contributed by atoms with Crippen molar-refractivity contribution in [3.8, 4) is 5.75 Å². The molecular formula is C19H22N4O3. The zero-order chi connectivity index (χ0) is 18.5. The number of carbonyl (C=O) groups excluding carboxylic acids is 1. The van der Waals surface area contributed by atoms with Crippen molar-refractivity contribution in [1.29, 1.82) is 0 Å². The Kier molecular flexibility index (Phi) is 5.38. The summed E-state index contributed by atoms with van der Waals surface area (Å²) in [6.07, 6.45) is 0. The van der Waals surface area contributed by atoms with E-state index in [1.165, 1.54) is 0 Å². The third-order valence-electron chi connectivity index (χ3n) is 3.71. The molecule has 0 aliphatic heterocycles. The van der Waals surface area contributed by atoms with Crippen LogP contribution in [0.25, 0.3) is 0 Å². The van der Waals surface area contributed by atoms with Gasteiger partial charge in [-0.2, -0.15) is 5.10 Å². The Labute approximate surface area is 152 Å². The van der Waals surface area contributed by atoms with Crippen LogP contribution in [0.5, 0.6) is 5.75 Å². The van der Waals surface area contributed by atoms with Gasteiger partial charge in [0.2, 0.25) is 0 Å². The van der Waals surface area contributed by atoms with Crippen molar-refractivity contribution >= 4 is 11.7 Å². The summed E-state index contributed by atoms with van der Waals surface area (Å²) < 4.78 is 11.3. The molecule has 7 nitrogen and oxygen atoms in total. The van der Waals surface area contributed by atoms with E-state index in [2.05, 4.69) is 15.5 Å². The van der Waals surface area contributed by atoms with Crippen LogP contribution in [0.1, 0.15) is 27.6 Å². The van der Waals surface area contributed by atoms with Crippen molar-refractivity contribution in [3.63, 3.8) is 0 Å². The maximum Gasteiger partial charge on any atom is 0.292 e. The average Bonchev–Trinajstić information content (AvgIpc) is 3.23. The van der Waals surface area contributed by atoms with Crippen LogP contribution in [0.4, 0.5) is 5.82 Å². The lowest BCUT2D eigenvalue weighted by atomic mass is 10.2. The first kappa shape index (κ1) is 17.8. The highest BCUT2D eigenvalue weighted by Gasteiger charge is 2.14. The Balaban J connectivity index is 1.57. The molecule has 2 aromatic heterocycles. The number of hydrogen-bond acceptors (Lipinski definition) is 5. The quantitative estimate of drug-likeness (QED) is 0.681. The Bertz CT molecular complexity index is 882. The smallest absolute Gasteiger partial charge is 0.292 e. The van der Waals surface area contributed by atoms with Crippen molar-refractivity contribution in [2.75, 3.05) is 19.4 Å². The van der Waals surface area contributed by atoms with Crippen LogP contribution in [0.3, 0.4) is 0 Å². The fraction of sp³-hybridized carbons (Fsp3) is 0.263. The van der Waals surface area contributed by atoms with Gasteiger partial charge in [-0.1, -0.05) is 18.2 Å². The summed E-state index contributed by atoms with van der Waals surface area (Å²) in [5, 5.41) is 9.68. The second-order valence-electron chi connectivity index (χ2n) is 6.29. The van der Waals surface area contributed by atoms with Crippen molar-refractivity contribution < 1.29 is 13.9 Å². The van der Waals surface area contributed by atoms with Crippen LogP contribution in [-0.2, 0) is 13.2 Å². The van der Waals surface area contributed by atoms with Crippen LogP contribution in [0.15, 0.2) is 46.9 Å². The standard InChI is InChI=1S/C19H22N4O3/c1-13-6-4-5-7-16(13)25-12-15-8-9-17(26-15)19(24)20-18-10-14(21-22-18)11-23(2)3/h4-10H,11-12H2,1-3H3,(H2,20,21,22,24). The molecule has 26 heavy (non-hydrogen) atoms. The molecule has 0 saturated carbocycles. The van der Waals surface area contributed by atoms with Gasteiger partial charge in [-0.3, -0.25) is 9.89 Å². The summed E-state index contributed by atoms with van der Waals surface area (Å²) in [5.74, 6) is 1.69. The van der Waals surface area contributed by atoms with Crippen molar-refractivity contribution in [3.05, 3.63) is 65.2 Å². The Morgan fingerprint density at radius 2 is 2.08 bits per heavy atom. The predicted octanol–water partition coefficient (Wildman–Crippen LogP) is 3.20. The van der Waals surface area contributed by atoms with Gasteiger partial charge in [-0.25, -0.2) is 0 Å². The lowest BCUT2D eigenvalue weighted by Gasteiger charge is -2.06. The number of H-pyrrole nitrogens is 1. The molecule has 3 aromatic rings. The maximum atomic E-state index is 12.3. The Morgan fingerprint density at radius 3 is 2.85 bits per heavy atom.